The number of carboxylic acid groups (broad SMARTS) is 2. The average molecular weight is 508 g/mol. The first-order chi connectivity index (χ1) is 16.8. The summed E-state index contributed by atoms with van der Waals surface area (Å²) in [5, 5.41) is 27.2. The number of urea groups is 1. The number of ether oxygens (including phenoxy) is 2. The molecule has 200 valence electrons. The number of hydrogen-bond donors (Lipinski definition) is 5. The lowest BCUT2D eigenvalue weighted by atomic mass is 9.89. The molecule has 2 aliphatic carbocycles. The second kappa shape index (κ2) is 11.5. The van der Waals surface area contributed by atoms with Gasteiger partial charge in [-0.1, -0.05) is 32.8 Å². The minimum absolute atomic E-state index is 0.174. The zero-order valence-corrected chi connectivity index (χ0v) is 21.6. The molecule has 0 aliphatic heterocycles. The van der Waals surface area contributed by atoms with Crippen molar-refractivity contribution >= 4 is 29.8 Å². The van der Waals surface area contributed by atoms with Gasteiger partial charge in [0.1, 0.15) is 16.9 Å². The molecule has 0 radical (unpaired) electrons. The third-order valence-electron chi connectivity index (χ3n) is 6.19. The van der Waals surface area contributed by atoms with Crippen LogP contribution >= 0.6 is 0 Å². The zero-order chi connectivity index (χ0) is 27.3. The quantitative estimate of drug-likeness (QED) is 0.373. The Hall–Kier alpha value is -3.50. The first-order valence-electron chi connectivity index (χ1n) is 12.0. The average Bonchev–Trinajstić information content (AvgIpc) is 3.46. The summed E-state index contributed by atoms with van der Waals surface area (Å²) in [6.45, 7) is 9.24. The van der Waals surface area contributed by atoms with Gasteiger partial charge in [-0.3, -0.25) is 4.79 Å². The van der Waals surface area contributed by atoms with Crippen LogP contribution < -0.4 is 20.7 Å². The molecular formula is C25H37N3O8. The third kappa shape index (κ3) is 6.79. The van der Waals surface area contributed by atoms with Crippen molar-refractivity contribution in [1.82, 2.24) is 10.6 Å². The SMILES string of the molecule is CCCC.COc1cccc(NC(=O)NC2CC(NC(=O)OC(C)(C)C)(C(=O)O)C3C(C(=O)O)C23)c1. The van der Waals surface area contributed by atoms with Crippen LogP contribution in [0.25, 0.3) is 0 Å². The number of unbranched alkanes of at least 4 members (excludes halogenated alkanes) is 1. The predicted octanol–water partition coefficient (Wildman–Crippen LogP) is 3.69. The molecule has 3 amide bonds. The number of carbonyl (C=O) groups excluding carboxylic acids is 2. The third-order valence-corrected chi connectivity index (χ3v) is 6.19. The number of aliphatic carboxylic acids is 2. The number of carboxylic acids is 2. The fourth-order valence-corrected chi connectivity index (χ4v) is 4.49. The molecule has 1 aromatic rings. The van der Waals surface area contributed by atoms with Gasteiger partial charge in [0.05, 0.1) is 13.0 Å². The van der Waals surface area contributed by atoms with E-state index in [1.807, 2.05) is 0 Å². The Balaban J connectivity index is 0.00000106. The maximum absolute atomic E-state index is 12.5. The predicted molar refractivity (Wildman–Crippen MR) is 132 cm³/mol. The molecule has 0 heterocycles. The molecule has 11 heteroatoms. The minimum Gasteiger partial charge on any atom is -0.497 e. The summed E-state index contributed by atoms with van der Waals surface area (Å²) in [6.07, 6.45) is 1.50. The highest BCUT2D eigenvalue weighted by molar-refractivity contribution is 5.92. The van der Waals surface area contributed by atoms with Crippen LogP contribution in [0.5, 0.6) is 5.75 Å². The normalized spacial score (nSPS) is 25.8. The number of anilines is 1. The van der Waals surface area contributed by atoms with E-state index in [1.54, 1.807) is 45.0 Å². The first-order valence-corrected chi connectivity index (χ1v) is 12.0. The lowest BCUT2D eigenvalue weighted by Crippen LogP contribution is -2.58. The van der Waals surface area contributed by atoms with E-state index in [0.29, 0.717) is 11.4 Å². The lowest BCUT2D eigenvalue weighted by Gasteiger charge is -2.31. The Bertz CT molecular complexity index is 974. The summed E-state index contributed by atoms with van der Waals surface area (Å²) < 4.78 is 10.3. The van der Waals surface area contributed by atoms with E-state index < -0.39 is 59.0 Å². The van der Waals surface area contributed by atoms with Gasteiger partial charge in [0, 0.05) is 30.1 Å². The molecule has 5 unspecified atom stereocenters. The molecular weight excluding hydrogens is 470 g/mol. The Labute approximate surface area is 210 Å². The second-order valence-corrected chi connectivity index (χ2v) is 10.0. The number of amides is 3. The van der Waals surface area contributed by atoms with Crippen molar-refractivity contribution in [3.63, 3.8) is 0 Å². The number of methoxy groups -OCH3 is 1. The number of alkyl carbamates (subject to hydrolysis) is 1. The molecule has 2 fully saturated rings. The van der Waals surface area contributed by atoms with Crippen LogP contribution in [-0.2, 0) is 14.3 Å². The number of benzene rings is 1. The van der Waals surface area contributed by atoms with Gasteiger partial charge in [-0.05, 0) is 38.8 Å². The summed E-state index contributed by atoms with van der Waals surface area (Å²) in [5.74, 6) is -4.57. The minimum atomic E-state index is -1.87. The highest BCUT2D eigenvalue weighted by Crippen LogP contribution is 2.62. The van der Waals surface area contributed by atoms with Gasteiger partial charge < -0.3 is 35.6 Å². The second-order valence-electron chi connectivity index (χ2n) is 10.0. The van der Waals surface area contributed by atoms with Crippen LogP contribution in [-0.4, -0.2) is 58.6 Å². The zero-order valence-electron chi connectivity index (χ0n) is 21.6. The van der Waals surface area contributed by atoms with E-state index in [4.69, 9.17) is 9.47 Å². The Morgan fingerprint density at radius 3 is 2.25 bits per heavy atom. The van der Waals surface area contributed by atoms with Crippen LogP contribution in [0.15, 0.2) is 24.3 Å². The molecule has 5 N–H and O–H groups in total. The standard InChI is InChI=1S/C21H27N3O8.C4H10/c1-20(2,3)32-19(30)24-21(17(27)28)9-12(13-14(15(13)21)16(25)26)23-18(29)22-10-6-5-7-11(8-10)31-4;1-3-4-2/h5-8,12-15H,9H2,1-4H3,(H,24,30)(H,25,26)(H,27,28)(H2,22,23,29);3-4H2,1-2H3. The van der Waals surface area contributed by atoms with Crippen molar-refractivity contribution in [3.8, 4) is 5.75 Å². The number of carbonyl (C=O) groups is 4. The van der Waals surface area contributed by atoms with E-state index >= 15 is 0 Å². The number of nitrogens with one attached hydrogen (secondary N) is 3. The van der Waals surface area contributed by atoms with Crippen LogP contribution in [0.3, 0.4) is 0 Å². The molecule has 1 aromatic carbocycles. The van der Waals surface area contributed by atoms with Gasteiger partial charge in [0.25, 0.3) is 0 Å². The Kier molecular flexibility index (Phi) is 9.17. The van der Waals surface area contributed by atoms with Crippen LogP contribution in [0.1, 0.15) is 53.9 Å². The molecule has 2 aliphatic rings. The summed E-state index contributed by atoms with van der Waals surface area (Å²) in [4.78, 5) is 48.8. The molecule has 0 bridgehead atoms. The van der Waals surface area contributed by atoms with Crippen molar-refractivity contribution in [2.45, 2.75) is 71.1 Å². The van der Waals surface area contributed by atoms with Gasteiger partial charge in [-0.2, -0.15) is 0 Å². The van der Waals surface area contributed by atoms with Crippen molar-refractivity contribution in [2.75, 3.05) is 12.4 Å². The maximum atomic E-state index is 12.5. The van der Waals surface area contributed by atoms with Gasteiger partial charge in [-0.25, -0.2) is 14.4 Å². The molecule has 0 aromatic heterocycles. The molecule has 3 rings (SSSR count). The Morgan fingerprint density at radius 2 is 1.75 bits per heavy atom. The fraction of sp³-hybridized carbons (Fsp3) is 0.600. The van der Waals surface area contributed by atoms with E-state index in [1.165, 1.54) is 20.0 Å². The highest BCUT2D eigenvalue weighted by Gasteiger charge is 2.76. The summed E-state index contributed by atoms with van der Waals surface area (Å²) in [5.41, 5.74) is -2.30. The first kappa shape index (κ1) is 28.7. The van der Waals surface area contributed by atoms with E-state index in [9.17, 15) is 29.4 Å². The van der Waals surface area contributed by atoms with E-state index in [-0.39, 0.29) is 6.42 Å². The van der Waals surface area contributed by atoms with Gasteiger partial charge >= 0.3 is 24.1 Å². The molecule has 2 saturated carbocycles. The largest absolute Gasteiger partial charge is 0.497 e. The number of rotatable bonds is 7. The molecule has 5 atom stereocenters. The Morgan fingerprint density at radius 1 is 1.11 bits per heavy atom. The van der Waals surface area contributed by atoms with E-state index in [0.717, 1.165) is 0 Å². The summed E-state index contributed by atoms with van der Waals surface area (Å²) >= 11 is 0. The molecule has 0 saturated heterocycles. The van der Waals surface area contributed by atoms with Gasteiger partial charge in [-0.15, -0.1) is 0 Å². The molecule has 11 nitrogen and oxygen atoms in total. The van der Waals surface area contributed by atoms with Crippen molar-refractivity contribution in [3.05, 3.63) is 24.3 Å². The van der Waals surface area contributed by atoms with Crippen LogP contribution in [0.2, 0.25) is 0 Å². The monoisotopic (exact) mass is 507 g/mol. The summed E-state index contributed by atoms with van der Waals surface area (Å²) in [6, 6.07) is 5.22. The highest BCUT2D eigenvalue weighted by atomic mass is 16.6. The van der Waals surface area contributed by atoms with Gasteiger partial charge in [0.2, 0.25) is 0 Å². The van der Waals surface area contributed by atoms with Crippen molar-refractivity contribution < 1.29 is 38.9 Å². The lowest BCUT2D eigenvalue weighted by molar-refractivity contribution is -0.147. The smallest absolute Gasteiger partial charge is 0.408 e. The summed E-state index contributed by atoms with van der Waals surface area (Å²) in [7, 11) is 1.49. The van der Waals surface area contributed by atoms with Crippen LogP contribution in [0.4, 0.5) is 15.3 Å². The maximum Gasteiger partial charge on any atom is 0.408 e. The van der Waals surface area contributed by atoms with Crippen LogP contribution in [0, 0.1) is 17.8 Å². The van der Waals surface area contributed by atoms with Gasteiger partial charge in [0.15, 0.2) is 0 Å². The van der Waals surface area contributed by atoms with E-state index in [2.05, 4.69) is 29.8 Å². The molecule has 36 heavy (non-hydrogen) atoms. The number of fused-ring (bicyclic) bond motifs is 1. The van der Waals surface area contributed by atoms with Crippen molar-refractivity contribution in [2.24, 2.45) is 17.8 Å². The topological polar surface area (TPSA) is 163 Å². The fourth-order valence-electron chi connectivity index (χ4n) is 4.49. The molecule has 0 spiro atoms. The van der Waals surface area contributed by atoms with Crippen molar-refractivity contribution in [1.29, 1.82) is 0 Å². The number of hydrogen-bond acceptors (Lipinski definition) is 6.